The van der Waals surface area contributed by atoms with E-state index in [1.165, 1.54) is 31.5 Å². The maximum absolute atomic E-state index is 9.13. The molecule has 0 amide bonds. The summed E-state index contributed by atoms with van der Waals surface area (Å²) in [7, 11) is 0. The first-order valence-corrected chi connectivity index (χ1v) is 5.31. The molecule has 2 N–H and O–H groups in total. The van der Waals surface area contributed by atoms with Crippen molar-refractivity contribution in [2.24, 2.45) is 10.9 Å². The van der Waals surface area contributed by atoms with Crippen molar-refractivity contribution in [2.45, 2.75) is 38.1 Å². The molecule has 74 valence electrons. The van der Waals surface area contributed by atoms with E-state index >= 15 is 0 Å². The Morgan fingerprint density at radius 2 is 2.31 bits per heavy atom. The lowest BCUT2D eigenvalue weighted by molar-refractivity contribution is 0.212. The molecule has 1 saturated carbocycles. The molecule has 2 unspecified atom stereocenters. The lowest BCUT2D eigenvalue weighted by Gasteiger charge is -2.19. The predicted molar refractivity (Wildman–Crippen MR) is 52.9 cm³/mol. The van der Waals surface area contributed by atoms with Crippen LogP contribution < -0.4 is 5.32 Å². The number of hydrogen-bond acceptors (Lipinski definition) is 3. The van der Waals surface area contributed by atoms with Gasteiger partial charge in [0.1, 0.15) is 0 Å². The summed E-state index contributed by atoms with van der Waals surface area (Å²) < 4.78 is 0. The third-order valence-corrected chi connectivity index (χ3v) is 3.12. The van der Waals surface area contributed by atoms with Crippen LogP contribution in [0.15, 0.2) is 4.99 Å². The third-order valence-electron chi connectivity index (χ3n) is 3.12. The standard InChI is InChI=1S/C10H18N2O/c13-7-8-3-1-4-9(8)12-10-5-2-6-11-10/h8-9,13H,1-7H2,(H,11,12). The molecule has 2 aliphatic rings. The minimum Gasteiger partial charge on any atom is -0.396 e. The number of aliphatic hydroxyl groups is 1. The molecular formula is C10H18N2O. The zero-order chi connectivity index (χ0) is 9.10. The number of amidine groups is 1. The highest BCUT2D eigenvalue weighted by Gasteiger charge is 2.27. The van der Waals surface area contributed by atoms with Gasteiger partial charge in [-0.05, 0) is 19.3 Å². The van der Waals surface area contributed by atoms with Crippen molar-refractivity contribution >= 4 is 5.84 Å². The van der Waals surface area contributed by atoms with Crippen LogP contribution in [0.5, 0.6) is 0 Å². The Kier molecular flexibility index (Phi) is 2.83. The lowest BCUT2D eigenvalue weighted by Crippen LogP contribution is -2.37. The molecule has 2 atom stereocenters. The minimum atomic E-state index is 0.324. The first-order valence-electron chi connectivity index (χ1n) is 5.31. The van der Waals surface area contributed by atoms with Gasteiger partial charge in [0.25, 0.3) is 0 Å². The van der Waals surface area contributed by atoms with Gasteiger partial charge in [-0.1, -0.05) is 6.42 Å². The van der Waals surface area contributed by atoms with Crippen LogP contribution in [0, 0.1) is 5.92 Å². The summed E-state index contributed by atoms with van der Waals surface area (Å²) in [4.78, 5) is 4.39. The Morgan fingerprint density at radius 3 is 3.00 bits per heavy atom. The van der Waals surface area contributed by atoms with E-state index in [0.29, 0.717) is 18.6 Å². The average Bonchev–Trinajstić information content (AvgIpc) is 2.76. The molecule has 3 heteroatoms. The van der Waals surface area contributed by atoms with E-state index in [9.17, 15) is 0 Å². The Morgan fingerprint density at radius 1 is 1.38 bits per heavy atom. The predicted octanol–water partition coefficient (Wildman–Crippen LogP) is 0.929. The summed E-state index contributed by atoms with van der Waals surface area (Å²) in [5.74, 6) is 1.63. The minimum absolute atomic E-state index is 0.324. The maximum atomic E-state index is 9.13. The van der Waals surface area contributed by atoms with Crippen LogP contribution in [0.3, 0.4) is 0 Å². The second kappa shape index (κ2) is 4.09. The van der Waals surface area contributed by atoms with E-state index in [4.69, 9.17) is 5.11 Å². The van der Waals surface area contributed by atoms with Crippen molar-refractivity contribution in [1.82, 2.24) is 5.32 Å². The van der Waals surface area contributed by atoms with E-state index in [1.54, 1.807) is 0 Å². The summed E-state index contributed by atoms with van der Waals surface area (Å²) in [6, 6.07) is 0.488. The Bertz CT molecular complexity index is 203. The molecule has 2 rings (SSSR count). The number of rotatable bonds is 2. The summed E-state index contributed by atoms with van der Waals surface area (Å²) in [5.41, 5.74) is 0. The second-order valence-electron chi connectivity index (χ2n) is 4.06. The molecule has 1 aliphatic heterocycles. The van der Waals surface area contributed by atoms with Crippen molar-refractivity contribution in [3.63, 3.8) is 0 Å². The van der Waals surface area contributed by atoms with Gasteiger partial charge in [-0.3, -0.25) is 4.99 Å². The van der Waals surface area contributed by atoms with Gasteiger partial charge in [0.2, 0.25) is 0 Å². The molecule has 1 aliphatic carbocycles. The Hall–Kier alpha value is -0.570. The fourth-order valence-electron chi connectivity index (χ4n) is 2.32. The van der Waals surface area contributed by atoms with Gasteiger partial charge in [0, 0.05) is 31.5 Å². The van der Waals surface area contributed by atoms with Gasteiger partial charge < -0.3 is 10.4 Å². The smallest absolute Gasteiger partial charge is 0.0965 e. The number of hydrogen-bond donors (Lipinski definition) is 2. The molecule has 0 aromatic rings. The molecule has 0 radical (unpaired) electrons. The Labute approximate surface area is 79.3 Å². The van der Waals surface area contributed by atoms with Gasteiger partial charge in [0.05, 0.1) is 5.84 Å². The summed E-state index contributed by atoms with van der Waals surface area (Å²) in [6.07, 6.45) is 5.91. The van der Waals surface area contributed by atoms with Gasteiger partial charge >= 0.3 is 0 Å². The van der Waals surface area contributed by atoms with Crippen molar-refractivity contribution in [1.29, 1.82) is 0 Å². The normalized spacial score (nSPS) is 33.5. The number of nitrogens with zero attached hydrogens (tertiary/aromatic N) is 1. The quantitative estimate of drug-likeness (QED) is 0.667. The monoisotopic (exact) mass is 182 g/mol. The highest BCUT2D eigenvalue weighted by molar-refractivity contribution is 5.83. The molecule has 0 bridgehead atoms. The molecule has 0 aromatic heterocycles. The zero-order valence-corrected chi connectivity index (χ0v) is 8.00. The van der Waals surface area contributed by atoms with Crippen molar-refractivity contribution in [3.05, 3.63) is 0 Å². The molecular weight excluding hydrogens is 164 g/mol. The first-order chi connectivity index (χ1) is 6.40. The Balaban J connectivity index is 1.86. The summed E-state index contributed by atoms with van der Waals surface area (Å²) in [6.45, 7) is 1.31. The largest absolute Gasteiger partial charge is 0.396 e. The highest BCUT2D eigenvalue weighted by Crippen LogP contribution is 2.25. The molecule has 0 spiro atoms. The summed E-state index contributed by atoms with van der Waals surface area (Å²) in [5, 5.41) is 12.6. The molecule has 0 aromatic carbocycles. The van der Waals surface area contributed by atoms with E-state index in [0.717, 1.165) is 13.0 Å². The van der Waals surface area contributed by atoms with Crippen molar-refractivity contribution in [3.8, 4) is 0 Å². The molecule has 13 heavy (non-hydrogen) atoms. The molecule has 1 fully saturated rings. The van der Waals surface area contributed by atoms with E-state index in [1.807, 2.05) is 0 Å². The van der Waals surface area contributed by atoms with E-state index in [-0.39, 0.29) is 0 Å². The fourth-order valence-corrected chi connectivity index (χ4v) is 2.32. The molecule has 3 nitrogen and oxygen atoms in total. The molecule has 0 saturated heterocycles. The highest BCUT2D eigenvalue weighted by atomic mass is 16.3. The average molecular weight is 182 g/mol. The molecule has 1 heterocycles. The van der Waals surface area contributed by atoms with Crippen LogP contribution in [0.4, 0.5) is 0 Å². The van der Waals surface area contributed by atoms with Crippen LogP contribution in [0.1, 0.15) is 32.1 Å². The van der Waals surface area contributed by atoms with Crippen LogP contribution in [0.2, 0.25) is 0 Å². The van der Waals surface area contributed by atoms with Crippen molar-refractivity contribution < 1.29 is 5.11 Å². The van der Waals surface area contributed by atoms with Crippen molar-refractivity contribution in [2.75, 3.05) is 13.2 Å². The SMILES string of the molecule is OCC1CCCC1NC1=NCCC1. The summed E-state index contributed by atoms with van der Waals surface area (Å²) >= 11 is 0. The van der Waals surface area contributed by atoms with E-state index < -0.39 is 0 Å². The second-order valence-corrected chi connectivity index (χ2v) is 4.06. The van der Waals surface area contributed by atoms with Crippen LogP contribution >= 0.6 is 0 Å². The number of nitrogens with one attached hydrogen (secondary N) is 1. The third kappa shape index (κ3) is 2.02. The lowest BCUT2D eigenvalue weighted by atomic mass is 10.1. The van der Waals surface area contributed by atoms with Crippen LogP contribution in [-0.4, -0.2) is 30.1 Å². The topological polar surface area (TPSA) is 44.6 Å². The maximum Gasteiger partial charge on any atom is 0.0965 e. The number of aliphatic imine (C=N–C) groups is 1. The van der Waals surface area contributed by atoms with E-state index in [2.05, 4.69) is 10.3 Å². The number of aliphatic hydroxyl groups excluding tert-OH is 1. The first kappa shape index (κ1) is 9.00. The zero-order valence-electron chi connectivity index (χ0n) is 8.00. The fraction of sp³-hybridized carbons (Fsp3) is 0.900. The van der Waals surface area contributed by atoms with Gasteiger partial charge in [-0.2, -0.15) is 0 Å². The van der Waals surface area contributed by atoms with Gasteiger partial charge in [-0.25, -0.2) is 0 Å². The van der Waals surface area contributed by atoms with Gasteiger partial charge in [0.15, 0.2) is 0 Å². The van der Waals surface area contributed by atoms with Crippen LogP contribution in [-0.2, 0) is 0 Å². The van der Waals surface area contributed by atoms with Gasteiger partial charge in [-0.15, -0.1) is 0 Å². The van der Waals surface area contributed by atoms with Crippen LogP contribution in [0.25, 0.3) is 0 Å².